The zero-order chi connectivity index (χ0) is 11.7. The molecular formula is C9H15F2NO3. The molecule has 2 atom stereocenters. The third-order valence-electron chi connectivity index (χ3n) is 2.74. The molecule has 0 aromatic carbocycles. The zero-order valence-corrected chi connectivity index (χ0v) is 8.72. The summed E-state index contributed by atoms with van der Waals surface area (Å²) in [6, 6.07) is 0. The van der Waals surface area contributed by atoms with Crippen LogP contribution in [0, 0.1) is 5.92 Å². The third kappa shape index (κ3) is 1.83. The molecule has 2 unspecified atom stereocenters. The molecule has 0 radical (unpaired) electrons. The molecule has 1 heterocycles. The smallest absolute Gasteiger partial charge is 0.380 e. The first kappa shape index (κ1) is 12.3. The van der Waals surface area contributed by atoms with Gasteiger partial charge in [0.25, 0.3) is 0 Å². The lowest BCUT2D eigenvalue weighted by Gasteiger charge is -2.33. The van der Waals surface area contributed by atoms with Gasteiger partial charge in [0.2, 0.25) is 0 Å². The Bertz CT molecular complexity index is 260. The summed E-state index contributed by atoms with van der Waals surface area (Å²) in [5.41, 5.74) is -2.35. The van der Waals surface area contributed by atoms with E-state index in [0.717, 1.165) is 0 Å². The van der Waals surface area contributed by atoms with E-state index in [4.69, 9.17) is 0 Å². The van der Waals surface area contributed by atoms with E-state index < -0.39 is 23.4 Å². The second-order valence-corrected chi connectivity index (χ2v) is 3.75. The van der Waals surface area contributed by atoms with Crippen LogP contribution in [-0.2, 0) is 9.53 Å². The highest BCUT2D eigenvalue weighted by Gasteiger charge is 2.63. The molecule has 0 bridgehead atoms. The van der Waals surface area contributed by atoms with Crippen LogP contribution in [0.4, 0.5) is 8.78 Å². The molecule has 1 rings (SSSR count). The van der Waals surface area contributed by atoms with Crippen molar-refractivity contribution in [2.75, 3.05) is 19.7 Å². The number of carbonyl (C=O) groups excluding carboxylic acids is 1. The van der Waals surface area contributed by atoms with Gasteiger partial charge in [-0.1, -0.05) is 6.92 Å². The molecule has 2 N–H and O–H groups in total. The van der Waals surface area contributed by atoms with Gasteiger partial charge in [-0.15, -0.1) is 0 Å². The maximum absolute atomic E-state index is 13.6. The number of hydrogen-bond donors (Lipinski definition) is 2. The van der Waals surface area contributed by atoms with Crippen molar-refractivity contribution in [1.82, 2.24) is 5.32 Å². The molecule has 4 nitrogen and oxygen atoms in total. The molecule has 6 heteroatoms. The Balaban J connectivity index is 2.88. The molecule has 0 spiro atoms. The van der Waals surface area contributed by atoms with E-state index in [2.05, 4.69) is 10.1 Å². The molecule has 0 aliphatic carbocycles. The zero-order valence-electron chi connectivity index (χ0n) is 8.72. The van der Waals surface area contributed by atoms with Crippen molar-refractivity contribution in [3.8, 4) is 0 Å². The SMILES string of the molecule is CCOC(=O)C(F)(F)C1(O)CNCC1C. The van der Waals surface area contributed by atoms with Gasteiger partial charge in [0.1, 0.15) is 0 Å². The lowest BCUT2D eigenvalue weighted by molar-refractivity contribution is -0.216. The summed E-state index contributed by atoms with van der Waals surface area (Å²) in [7, 11) is 0. The number of alkyl halides is 2. The van der Waals surface area contributed by atoms with Gasteiger partial charge in [0.05, 0.1) is 6.61 Å². The summed E-state index contributed by atoms with van der Waals surface area (Å²) in [5.74, 6) is -6.23. The predicted molar refractivity (Wildman–Crippen MR) is 48.6 cm³/mol. The van der Waals surface area contributed by atoms with Crippen molar-refractivity contribution >= 4 is 5.97 Å². The number of nitrogens with one attached hydrogen (secondary N) is 1. The first-order chi connectivity index (χ1) is 6.86. The fourth-order valence-electron chi connectivity index (χ4n) is 1.64. The van der Waals surface area contributed by atoms with Crippen molar-refractivity contribution in [2.24, 2.45) is 5.92 Å². The number of hydrogen-bond acceptors (Lipinski definition) is 4. The van der Waals surface area contributed by atoms with E-state index in [0.29, 0.717) is 0 Å². The normalized spacial score (nSPS) is 31.7. The monoisotopic (exact) mass is 223 g/mol. The molecule has 88 valence electrons. The number of β-amino-alcohol motifs (C(OH)–C–C–N with tert-alkyl or cyclic N) is 1. The summed E-state index contributed by atoms with van der Waals surface area (Å²) in [6.45, 7) is 2.72. The Morgan fingerprint density at radius 2 is 2.33 bits per heavy atom. The number of aliphatic hydroxyl groups is 1. The van der Waals surface area contributed by atoms with Gasteiger partial charge in [-0.25, -0.2) is 4.79 Å². The summed E-state index contributed by atoms with van der Waals surface area (Å²) in [4.78, 5) is 11.0. The highest BCUT2D eigenvalue weighted by Crippen LogP contribution is 2.38. The van der Waals surface area contributed by atoms with Crippen LogP contribution in [0.2, 0.25) is 0 Å². The molecule has 1 fully saturated rings. The molecule has 1 aliphatic rings. The quantitative estimate of drug-likeness (QED) is 0.669. The Morgan fingerprint density at radius 1 is 1.73 bits per heavy atom. The molecule has 15 heavy (non-hydrogen) atoms. The predicted octanol–water partition coefficient (Wildman–Crippen LogP) is 0.155. The average molecular weight is 223 g/mol. The number of rotatable bonds is 3. The Kier molecular flexibility index (Phi) is 3.30. The first-order valence-corrected chi connectivity index (χ1v) is 4.84. The fourth-order valence-corrected chi connectivity index (χ4v) is 1.64. The molecule has 0 amide bonds. The van der Waals surface area contributed by atoms with Crippen molar-refractivity contribution in [3.05, 3.63) is 0 Å². The van der Waals surface area contributed by atoms with Crippen LogP contribution in [0.1, 0.15) is 13.8 Å². The van der Waals surface area contributed by atoms with E-state index in [-0.39, 0.29) is 19.7 Å². The maximum Gasteiger partial charge on any atom is 0.380 e. The number of halogens is 2. The molecule has 1 aliphatic heterocycles. The Hall–Kier alpha value is -0.750. The van der Waals surface area contributed by atoms with Gasteiger partial charge < -0.3 is 15.2 Å². The molecular weight excluding hydrogens is 208 g/mol. The Morgan fingerprint density at radius 3 is 2.73 bits per heavy atom. The highest BCUT2D eigenvalue weighted by atomic mass is 19.3. The van der Waals surface area contributed by atoms with E-state index in [1.54, 1.807) is 0 Å². The topological polar surface area (TPSA) is 58.6 Å². The minimum atomic E-state index is -3.87. The number of ether oxygens (including phenoxy) is 1. The highest BCUT2D eigenvalue weighted by molar-refractivity contribution is 5.79. The van der Waals surface area contributed by atoms with Gasteiger partial charge in [-0.2, -0.15) is 8.78 Å². The van der Waals surface area contributed by atoms with Crippen LogP contribution in [0.15, 0.2) is 0 Å². The summed E-state index contributed by atoms with van der Waals surface area (Å²) < 4.78 is 31.4. The fraction of sp³-hybridized carbons (Fsp3) is 0.889. The second-order valence-electron chi connectivity index (χ2n) is 3.75. The van der Waals surface area contributed by atoms with Gasteiger partial charge >= 0.3 is 11.9 Å². The average Bonchev–Trinajstić information content (AvgIpc) is 2.49. The van der Waals surface area contributed by atoms with E-state index >= 15 is 0 Å². The van der Waals surface area contributed by atoms with Crippen LogP contribution in [-0.4, -0.2) is 42.3 Å². The Labute approximate surface area is 86.6 Å². The van der Waals surface area contributed by atoms with Gasteiger partial charge in [-0.3, -0.25) is 0 Å². The summed E-state index contributed by atoms with van der Waals surface area (Å²) in [6.07, 6.45) is 0. The number of carbonyl (C=O) groups is 1. The molecule has 1 saturated heterocycles. The molecule has 0 aromatic rings. The van der Waals surface area contributed by atoms with Gasteiger partial charge in [0, 0.05) is 19.0 Å². The van der Waals surface area contributed by atoms with E-state index in [9.17, 15) is 18.7 Å². The largest absolute Gasteiger partial charge is 0.461 e. The van der Waals surface area contributed by atoms with Crippen molar-refractivity contribution < 1.29 is 23.4 Å². The van der Waals surface area contributed by atoms with Crippen LogP contribution in [0.25, 0.3) is 0 Å². The third-order valence-corrected chi connectivity index (χ3v) is 2.74. The minimum Gasteiger partial charge on any atom is -0.461 e. The van der Waals surface area contributed by atoms with Crippen molar-refractivity contribution in [1.29, 1.82) is 0 Å². The minimum absolute atomic E-state index is 0.133. The van der Waals surface area contributed by atoms with Gasteiger partial charge in [0.15, 0.2) is 5.60 Å². The number of esters is 1. The maximum atomic E-state index is 13.6. The van der Waals surface area contributed by atoms with E-state index in [1.807, 2.05) is 0 Å². The lowest BCUT2D eigenvalue weighted by Crippen LogP contribution is -2.58. The molecule has 0 aromatic heterocycles. The van der Waals surface area contributed by atoms with Crippen molar-refractivity contribution in [2.45, 2.75) is 25.4 Å². The van der Waals surface area contributed by atoms with E-state index in [1.165, 1.54) is 13.8 Å². The van der Waals surface area contributed by atoms with Crippen molar-refractivity contribution in [3.63, 3.8) is 0 Å². The second kappa shape index (κ2) is 4.02. The standard InChI is InChI=1S/C9H15F2NO3/c1-3-15-7(13)9(10,11)8(14)5-12-4-6(8)2/h6,12,14H,3-5H2,1-2H3. The molecule has 0 saturated carbocycles. The summed E-state index contributed by atoms with van der Waals surface area (Å²) >= 11 is 0. The van der Waals surface area contributed by atoms with Gasteiger partial charge in [-0.05, 0) is 6.92 Å². The lowest BCUT2D eigenvalue weighted by atomic mass is 9.86. The first-order valence-electron chi connectivity index (χ1n) is 4.84. The van der Waals surface area contributed by atoms with Crippen LogP contribution >= 0.6 is 0 Å². The van der Waals surface area contributed by atoms with Crippen LogP contribution in [0.3, 0.4) is 0 Å². The van der Waals surface area contributed by atoms with Crippen LogP contribution in [0.5, 0.6) is 0 Å². The van der Waals surface area contributed by atoms with Crippen LogP contribution < -0.4 is 5.32 Å². The summed E-state index contributed by atoms with van der Waals surface area (Å²) in [5, 5.41) is 12.4.